The van der Waals surface area contributed by atoms with Crippen molar-refractivity contribution in [1.82, 2.24) is 4.98 Å². The Kier molecular flexibility index (Phi) is 3.32. The molecule has 0 saturated carbocycles. The van der Waals surface area contributed by atoms with E-state index in [4.69, 9.17) is 5.73 Å². The predicted octanol–water partition coefficient (Wildman–Crippen LogP) is 4.63. The van der Waals surface area contributed by atoms with Crippen molar-refractivity contribution in [1.29, 1.82) is 0 Å². The van der Waals surface area contributed by atoms with Crippen molar-refractivity contribution in [3.63, 3.8) is 0 Å². The third kappa shape index (κ3) is 2.34. The molecule has 0 atom stereocenters. The highest BCUT2D eigenvalue weighted by Crippen LogP contribution is 2.32. The Hall–Kier alpha value is -2.07. The molecule has 1 aromatic heterocycles. The first-order valence-corrected chi connectivity index (χ1v) is 7.12. The molecule has 3 N–H and O–H groups in total. The first kappa shape index (κ1) is 12.9. The fourth-order valence-corrected chi connectivity index (χ4v) is 2.64. The van der Waals surface area contributed by atoms with E-state index < -0.39 is 0 Å². The minimum Gasteiger partial charge on any atom is -0.396 e. The Morgan fingerprint density at radius 1 is 1.00 bits per heavy atom. The molecule has 0 aliphatic carbocycles. The van der Waals surface area contributed by atoms with Gasteiger partial charge in [0.25, 0.3) is 0 Å². The molecular formula is C16H14BrN3. The lowest BCUT2D eigenvalue weighted by molar-refractivity contribution is 1.20. The van der Waals surface area contributed by atoms with Crippen LogP contribution in [-0.4, -0.2) is 4.98 Å². The monoisotopic (exact) mass is 327 g/mol. The largest absolute Gasteiger partial charge is 0.396 e. The number of nitrogens with zero attached hydrogens (tertiary/aromatic N) is 1. The average molecular weight is 328 g/mol. The molecule has 4 heteroatoms. The fourth-order valence-electron chi connectivity index (χ4n) is 2.17. The summed E-state index contributed by atoms with van der Waals surface area (Å²) in [5, 5.41) is 5.61. The molecule has 0 bridgehead atoms. The lowest BCUT2D eigenvalue weighted by Gasteiger charge is -2.12. The van der Waals surface area contributed by atoms with Gasteiger partial charge in [-0.1, -0.05) is 40.2 Å². The van der Waals surface area contributed by atoms with E-state index in [0.29, 0.717) is 11.5 Å². The van der Waals surface area contributed by atoms with Gasteiger partial charge in [0.15, 0.2) is 5.82 Å². The van der Waals surface area contributed by atoms with Gasteiger partial charge in [0.1, 0.15) is 0 Å². The van der Waals surface area contributed by atoms with Crippen LogP contribution in [0, 0.1) is 6.92 Å². The number of aryl methyl sites for hydroxylation is 1. The van der Waals surface area contributed by atoms with E-state index >= 15 is 0 Å². The number of pyridine rings is 1. The van der Waals surface area contributed by atoms with Crippen molar-refractivity contribution < 1.29 is 0 Å². The number of nitrogen functional groups attached to an aromatic ring is 1. The number of aromatic nitrogens is 1. The first-order chi connectivity index (χ1) is 9.65. The summed E-state index contributed by atoms with van der Waals surface area (Å²) in [6, 6.07) is 16.0. The van der Waals surface area contributed by atoms with Gasteiger partial charge in [-0.05, 0) is 36.6 Å². The van der Waals surface area contributed by atoms with Crippen LogP contribution >= 0.6 is 15.9 Å². The summed E-state index contributed by atoms with van der Waals surface area (Å²) in [6.45, 7) is 1.95. The maximum absolute atomic E-state index is 5.98. The van der Waals surface area contributed by atoms with Gasteiger partial charge in [-0.15, -0.1) is 0 Å². The third-order valence-electron chi connectivity index (χ3n) is 3.19. The van der Waals surface area contributed by atoms with Gasteiger partial charge in [-0.2, -0.15) is 0 Å². The number of fused-ring (bicyclic) bond motifs is 1. The van der Waals surface area contributed by atoms with Gasteiger partial charge in [0.05, 0.1) is 5.69 Å². The van der Waals surface area contributed by atoms with Crippen molar-refractivity contribution in [2.75, 3.05) is 11.1 Å². The zero-order chi connectivity index (χ0) is 14.1. The summed E-state index contributed by atoms with van der Waals surface area (Å²) < 4.78 is 1.07. The van der Waals surface area contributed by atoms with Gasteiger partial charge in [-0.25, -0.2) is 4.98 Å². The molecule has 0 saturated heterocycles. The summed E-state index contributed by atoms with van der Waals surface area (Å²) in [4.78, 5) is 4.45. The van der Waals surface area contributed by atoms with Gasteiger partial charge in [0, 0.05) is 21.2 Å². The Morgan fingerprint density at radius 3 is 2.55 bits per heavy atom. The van der Waals surface area contributed by atoms with E-state index in [0.717, 1.165) is 26.6 Å². The van der Waals surface area contributed by atoms with Crippen molar-refractivity contribution in [3.8, 4) is 0 Å². The maximum Gasteiger partial charge on any atom is 0.153 e. The number of anilines is 3. The third-order valence-corrected chi connectivity index (χ3v) is 3.88. The van der Waals surface area contributed by atoms with Crippen LogP contribution in [-0.2, 0) is 0 Å². The molecule has 0 amide bonds. The van der Waals surface area contributed by atoms with Gasteiger partial charge >= 0.3 is 0 Å². The van der Waals surface area contributed by atoms with E-state index in [1.54, 1.807) is 0 Å². The Balaban J connectivity index is 2.11. The molecule has 3 aromatic rings. The molecule has 0 spiro atoms. The van der Waals surface area contributed by atoms with Crippen LogP contribution in [0.25, 0.3) is 10.8 Å². The number of hydrogen-bond donors (Lipinski definition) is 2. The molecular weight excluding hydrogens is 314 g/mol. The lowest BCUT2D eigenvalue weighted by Crippen LogP contribution is -2.00. The second-order valence-electron chi connectivity index (χ2n) is 4.66. The lowest BCUT2D eigenvalue weighted by atomic mass is 10.1. The second kappa shape index (κ2) is 5.13. The van der Waals surface area contributed by atoms with Crippen molar-refractivity contribution in [2.24, 2.45) is 0 Å². The van der Waals surface area contributed by atoms with Crippen molar-refractivity contribution >= 4 is 43.9 Å². The van der Waals surface area contributed by atoms with E-state index in [2.05, 4.69) is 38.4 Å². The Labute approximate surface area is 126 Å². The minimum absolute atomic E-state index is 0.641. The van der Waals surface area contributed by atoms with E-state index in [-0.39, 0.29) is 0 Å². The van der Waals surface area contributed by atoms with E-state index in [1.807, 2.05) is 43.3 Å². The van der Waals surface area contributed by atoms with Crippen LogP contribution in [0.15, 0.2) is 53.0 Å². The smallest absolute Gasteiger partial charge is 0.153 e. The first-order valence-electron chi connectivity index (χ1n) is 6.32. The fraction of sp³-hybridized carbons (Fsp3) is 0.0625. The molecule has 20 heavy (non-hydrogen) atoms. The molecule has 0 aliphatic rings. The molecule has 100 valence electrons. The highest BCUT2D eigenvalue weighted by atomic mass is 79.9. The van der Waals surface area contributed by atoms with Crippen molar-refractivity contribution in [3.05, 3.63) is 58.7 Å². The van der Waals surface area contributed by atoms with Crippen molar-refractivity contribution in [2.45, 2.75) is 6.92 Å². The predicted molar refractivity (Wildman–Crippen MR) is 88.3 cm³/mol. The van der Waals surface area contributed by atoms with Crippen LogP contribution in [0.4, 0.5) is 17.2 Å². The topological polar surface area (TPSA) is 50.9 Å². The highest BCUT2D eigenvalue weighted by Gasteiger charge is 2.07. The quantitative estimate of drug-likeness (QED) is 0.721. The number of rotatable bonds is 2. The minimum atomic E-state index is 0.641. The zero-order valence-corrected chi connectivity index (χ0v) is 12.6. The standard InChI is InChI=1S/C16H14BrN3/c1-10-6-8-14(18)16(19-10)20-15-9-7-13(17)11-4-2-3-5-12(11)15/h2-9H,18H2,1H3,(H,19,20). The molecule has 0 aliphatic heterocycles. The van der Waals surface area contributed by atoms with Crippen LogP contribution in [0.1, 0.15) is 5.69 Å². The summed E-state index contributed by atoms with van der Waals surface area (Å²) in [7, 11) is 0. The number of nitrogens with two attached hydrogens (primary N) is 1. The molecule has 2 aromatic carbocycles. The van der Waals surface area contributed by atoms with Crippen LogP contribution < -0.4 is 11.1 Å². The van der Waals surface area contributed by atoms with Crippen LogP contribution in [0.3, 0.4) is 0 Å². The SMILES string of the molecule is Cc1ccc(N)c(Nc2ccc(Br)c3ccccc23)n1. The summed E-state index contributed by atoms with van der Waals surface area (Å²) >= 11 is 3.57. The molecule has 3 rings (SSSR count). The molecule has 0 unspecified atom stereocenters. The maximum atomic E-state index is 5.98. The molecule has 0 fully saturated rings. The summed E-state index contributed by atoms with van der Waals surface area (Å²) in [5.74, 6) is 0.692. The summed E-state index contributed by atoms with van der Waals surface area (Å²) in [6.07, 6.45) is 0. The number of hydrogen-bond acceptors (Lipinski definition) is 3. The molecule has 3 nitrogen and oxygen atoms in total. The highest BCUT2D eigenvalue weighted by molar-refractivity contribution is 9.10. The number of benzene rings is 2. The zero-order valence-electron chi connectivity index (χ0n) is 11.0. The van der Waals surface area contributed by atoms with Crippen LogP contribution in [0.2, 0.25) is 0 Å². The number of halogens is 1. The number of nitrogens with one attached hydrogen (secondary N) is 1. The van der Waals surface area contributed by atoms with Crippen LogP contribution in [0.5, 0.6) is 0 Å². The second-order valence-corrected chi connectivity index (χ2v) is 5.51. The molecule has 1 heterocycles. The summed E-state index contributed by atoms with van der Waals surface area (Å²) in [5.41, 5.74) is 8.55. The average Bonchev–Trinajstić information content (AvgIpc) is 2.46. The molecule has 0 radical (unpaired) electrons. The van der Waals surface area contributed by atoms with Gasteiger partial charge in [-0.3, -0.25) is 0 Å². The normalized spacial score (nSPS) is 10.7. The Morgan fingerprint density at radius 2 is 1.75 bits per heavy atom. The Bertz CT molecular complexity index is 784. The van der Waals surface area contributed by atoms with Gasteiger partial charge in [0.2, 0.25) is 0 Å². The van der Waals surface area contributed by atoms with E-state index in [1.165, 1.54) is 0 Å². The van der Waals surface area contributed by atoms with Gasteiger partial charge < -0.3 is 11.1 Å². The van der Waals surface area contributed by atoms with E-state index in [9.17, 15) is 0 Å².